The maximum Gasteiger partial charge on any atom is 0.157 e. The molecule has 1 unspecified atom stereocenters. The van der Waals surface area contributed by atoms with Crippen LogP contribution in [0, 0.1) is 5.92 Å². The van der Waals surface area contributed by atoms with E-state index in [2.05, 4.69) is 21.1 Å². The second-order valence-electron chi connectivity index (χ2n) is 2.89. The summed E-state index contributed by atoms with van der Waals surface area (Å²) in [5.74, 6) is 0.328. The molecule has 1 atom stereocenters. The van der Waals surface area contributed by atoms with Crippen LogP contribution in [0.5, 0.6) is 0 Å². The van der Waals surface area contributed by atoms with Crippen LogP contribution in [-0.4, -0.2) is 16.3 Å². The number of nitrogens with zero attached hydrogens (tertiary/aromatic N) is 2. The lowest BCUT2D eigenvalue weighted by Crippen LogP contribution is -2.25. The van der Waals surface area contributed by atoms with Gasteiger partial charge in [-0.2, -0.15) is 0 Å². The minimum atomic E-state index is -0.293. The largest absolute Gasteiger partial charge is 0.289 e. The number of hydrogen-bond donors (Lipinski definition) is 0. The Bertz CT molecular complexity index is 222. The normalized spacial score (nSPS) is 30.5. The summed E-state index contributed by atoms with van der Waals surface area (Å²) in [5, 5.41) is 0. The number of allylic oxidation sites excluding steroid dienone is 1. The van der Waals surface area contributed by atoms with Crippen LogP contribution in [0.2, 0.25) is 0 Å². The first kappa shape index (κ1) is 7.28. The van der Waals surface area contributed by atoms with E-state index in [1.54, 1.807) is 3.93 Å². The number of rotatable bonds is 1. The summed E-state index contributed by atoms with van der Waals surface area (Å²) in [4.78, 5) is 4.06. The van der Waals surface area contributed by atoms with Crippen LogP contribution in [0.3, 0.4) is 0 Å². The van der Waals surface area contributed by atoms with Gasteiger partial charge >= 0.3 is 0 Å². The zero-order valence-corrected chi connectivity index (χ0v) is 7.46. The SMILES string of the molecule is FC1=CN(Br)C(C2CC2)N=C1. The molecule has 11 heavy (non-hydrogen) atoms. The first-order valence-corrected chi connectivity index (χ1v) is 4.33. The smallest absolute Gasteiger partial charge is 0.157 e. The summed E-state index contributed by atoms with van der Waals surface area (Å²) in [6.45, 7) is 0. The Kier molecular flexibility index (Phi) is 1.71. The Hall–Kier alpha value is -0.380. The van der Waals surface area contributed by atoms with Crippen LogP contribution in [0.25, 0.3) is 0 Å². The predicted molar refractivity (Wildman–Crippen MR) is 45.0 cm³/mol. The predicted octanol–water partition coefficient (Wildman–Crippen LogP) is 2.23. The molecule has 1 aliphatic heterocycles. The van der Waals surface area contributed by atoms with Crippen molar-refractivity contribution < 1.29 is 4.39 Å². The first-order chi connectivity index (χ1) is 5.27. The fourth-order valence-electron chi connectivity index (χ4n) is 1.16. The van der Waals surface area contributed by atoms with Gasteiger partial charge in [-0.05, 0) is 12.8 Å². The highest BCUT2D eigenvalue weighted by Crippen LogP contribution is 2.38. The quantitative estimate of drug-likeness (QED) is 0.617. The summed E-state index contributed by atoms with van der Waals surface area (Å²) >= 11 is 3.24. The molecule has 0 spiro atoms. The molecule has 60 valence electrons. The summed E-state index contributed by atoms with van der Waals surface area (Å²) in [6, 6.07) is 0. The summed E-state index contributed by atoms with van der Waals surface area (Å²) in [5.41, 5.74) is 0. The second-order valence-corrected chi connectivity index (χ2v) is 3.71. The molecule has 2 rings (SSSR count). The van der Waals surface area contributed by atoms with Crippen molar-refractivity contribution in [2.75, 3.05) is 0 Å². The highest BCUT2D eigenvalue weighted by molar-refractivity contribution is 9.07. The minimum absolute atomic E-state index is 0.120. The van der Waals surface area contributed by atoms with Crippen molar-refractivity contribution in [2.45, 2.75) is 19.0 Å². The second kappa shape index (κ2) is 2.59. The van der Waals surface area contributed by atoms with E-state index in [1.807, 2.05) is 0 Å². The van der Waals surface area contributed by atoms with Gasteiger partial charge in [0.1, 0.15) is 6.17 Å². The molecule has 0 saturated heterocycles. The van der Waals surface area contributed by atoms with Gasteiger partial charge in [-0.25, -0.2) is 4.39 Å². The van der Waals surface area contributed by atoms with Crippen molar-refractivity contribution in [3.8, 4) is 0 Å². The Morgan fingerprint density at radius 1 is 1.64 bits per heavy atom. The highest BCUT2D eigenvalue weighted by Gasteiger charge is 2.34. The molecule has 0 N–H and O–H groups in total. The van der Waals surface area contributed by atoms with Crippen molar-refractivity contribution in [2.24, 2.45) is 10.9 Å². The van der Waals surface area contributed by atoms with E-state index in [9.17, 15) is 4.39 Å². The summed E-state index contributed by atoms with van der Waals surface area (Å²) in [6.07, 6.45) is 5.25. The van der Waals surface area contributed by atoms with Gasteiger partial charge in [-0.15, -0.1) is 0 Å². The third-order valence-electron chi connectivity index (χ3n) is 1.89. The highest BCUT2D eigenvalue weighted by atomic mass is 79.9. The fraction of sp³-hybridized carbons (Fsp3) is 0.571. The average Bonchev–Trinajstić information content (AvgIpc) is 2.70. The van der Waals surface area contributed by atoms with Gasteiger partial charge in [0, 0.05) is 5.92 Å². The van der Waals surface area contributed by atoms with Gasteiger partial charge in [0.05, 0.1) is 28.6 Å². The molecule has 0 bridgehead atoms. The number of halogens is 2. The lowest BCUT2D eigenvalue weighted by atomic mass is 10.3. The Morgan fingerprint density at radius 2 is 2.36 bits per heavy atom. The van der Waals surface area contributed by atoms with Gasteiger partial charge < -0.3 is 0 Å². The Morgan fingerprint density at radius 3 is 2.91 bits per heavy atom. The van der Waals surface area contributed by atoms with E-state index >= 15 is 0 Å². The molecule has 1 fully saturated rings. The van der Waals surface area contributed by atoms with Crippen LogP contribution < -0.4 is 0 Å². The van der Waals surface area contributed by atoms with Crippen LogP contribution in [0.1, 0.15) is 12.8 Å². The molecule has 0 amide bonds. The fourth-order valence-corrected chi connectivity index (χ4v) is 1.79. The number of hydrogen-bond acceptors (Lipinski definition) is 2. The molecule has 2 nitrogen and oxygen atoms in total. The van der Waals surface area contributed by atoms with Gasteiger partial charge in [-0.3, -0.25) is 8.92 Å². The van der Waals surface area contributed by atoms with Crippen LogP contribution in [0.15, 0.2) is 17.0 Å². The van der Waals surface area contributed by atoms with Crippen LogP contribution in [-0.2, 0) is 0 Å². The Labute approximate surface area is 73.1 Å². The Balaban J connectivity index is 2.09. The maximum atomic E-state index is 12.5. The maximum absolute atomic E-state index is 12.5. The van der Waals surface area contributed by atoms with Crippen molar-refractivity contribution in [1.82, 2.24) is 3.93 Å². The van der Waals surface area contributed by atoms with Gasteiger partial charge in [0.25, 0.3) is 0 Å². The molecular weight excluding hydrogens is 211 g/mol. The molecular formula is C7H8BrFN2. The lowest BCUT2D eigenvalue weighted by Gasteiger charge is -2.22. The van der Waals surface area contributed by atoms with E-state index in [4.69, 9.17) is 0 Å². The van der Waals surface area contributed by atoms with E-state index in [-0.39, 0.29) is 12.0 Å². The topological polar surface area (TPSA) is 15.6 Å². The van der Waals surface area contributed by atoms with Crippen LogP contribution >= 0.6 is 16.1 Å². The molecule has 0 aromatic heterocycles. The van der Waals surface area contributed by atoms with Crippen molar-refractivity contribution in [1.29, 1.82) is 0 Å². The van der Waals surface area contributed by atoms with E-state index in [0.717, 1.165) is 0 Å². The third-order valence-corrected chi connectivity index (χ3v) is 2.52. The first-order valence-electron chi connectivity index (χ1n) is 3.62. The van der Waals surface area contributed by atoms with Crippen molar-refractivity contribution in [3.05, 3.63) is 12.0 Å². The molecule has 0 radical (unpaired) electrons. The summed E-state index contributed by atoms with van der Waals surface area (Å²) < 4.78 is 14.2. The molecule has 1 aliphatic carbocycles. The zero-order valence-electron chi connectivity index (χ0n) is 5.87. The molecule has 0 aromatic rings. The summed E-state index contributed by atoms with van der Waals surface area (Å²) in [7, 11) is 0. The monoisotopic (exact) mass is 218 g/mol. The average molecular weight is 219 g/mol. The van der Waals surface area contributed by atoms with E-state index in [0.29, 0.717) is 5.92 Å². The third kappa shape index (κ3) is 1.45. The molecule has 1 saturated carbocycles. The zero-order chi connectivity index (χ0) is 7.84. The lowest BCUT2D eigenvalue weighted by molar-refractivity contribution is 0.406. The van der Waals surface area contributed by atoms with Crippen LogP contribution in [0.4, 0.5) is 4.39 Å². The van der Waals surface area contributed by atoms with Crippen molar-refractivity contribution >= 4 is 22.4 Å². The van der Waals surface area contributed by atoms with E-state index in [1.165, 1.54) is 25.3 Å². The van der Waals surface area contributed by atoms with Gasteiger partial charge in [-0.1, -0.05) is 0 Å². The van der Waals surface area contributed by atoms with E-state index < -0.39 is 0 Å². The van der Waals surface area contributed by atoms with Gasteiger partial charge in [0.2, 0.25) is 0 Å². The molecule has 4 heteroatoms. The molecule has 0 aromatic carbocycles. The molecule has 2 aliphatic rings. The van der Waals surface area contributed by atoms with Crippen molar-refractivity contribution in [3.63, 3.8) is 0 Å². The number of aliphatic imine (C=N–C) groups is 1. The minimum Gasteiger partial charge on any atom is -0.289 e. The standard InChI is InChI=1S/C7H8BrFN2/c8-11-4-6(9)3-10-7(11)5-1-2-5/h3-5,7H,1-2H2. The van der Waals surface area contributed by atoms with Gasteiger partial charge in [0.15, 0.2) is 5.83 Å². The molecule has 1 heterocycles.